The summed E-state index contributed by atoms with van der Waals surface area (Å²) >= 11 is 0. The van der Waals surface area contributed by atoms with Crippen molar-refractivity contribution in [3.05, 3.63) is 101 Å². The van der Waals surface area contributed by atoms with Crippen LogP contribution in [0, 0.1) is 6.92 Å². The molecule has 0 saturated carbocycles. The van der Waals surface area contributed by atoms with Crippen molar-refractivity contribution in [3.63, 3.8) is 0 Å². The van der Waals surface area contributed by atoms with Gasteiger partial charge in [-0.1, -0.05) is 86.5 Å². The molecular formula is C35H45N3O5. The van der Waals surface area contributed by atoms with E-state index in [1.807, 2.05) is 60.7 Å². The molecule has 3 rings (SSSR count). The molecule has 3 N–H and O–H groups in total. The molecule has 43 heavy (non-hydrogen) atoms. The first-order chi connectivity index (χ1) is 20.5. The molecule has 0 aliphatic rings. The number of phenols is 1. The fourth-order valence-electron chi connectivity index (χ4n) is 4.80. The molecule has 8 nitrogen and oxygen atoms in total. The summed E-state index contributed by atoms with van der Waals surface area (Å²) in [5.74, 6) is -0.643. The van der Waals surface area contributed by atoms with Gasteiger partial charge in [-0.25, -0.2) is 4.79 Å². The van der Waals surface area contributed by atoms with E-state index in [9.17, 15) is 19.5 Å². The Bertz CT molecular complexity index is 1340. The quantitative estimate of drug-likeness (QED) is 0.206. The van der Waals surface area contributed by atoms with Gasteiger partial charge in [0.2, 0.25) is 11.8 Å². The Morgan fingerprint density at radius 2 is 1.53 bits per heavy atom. The predicted octanol–water partition coefficient (Wildman–Crippen LogP) is 6.21. The van der Waals surface area contributed by atoms with Crippen molar-refractivity contribution in [1.29, 1.82) is 0 Å². The van der Waals surface area contributed by atoms with Gasteiger partial charge in [0, 0.05) is 19.5 Å². The normalized spacial score (nSPS) is 12.6. The largest absolute Gasteiger partial charge is 0.508 e. The number of benzene rings is 3. The van der Waals surface area contributed by atoms with Crippen LogP contribution in [0.25, 0.3) is 0 Å². The van der Waals surface area contributed by atoms with Crippen molar-refractivity contribution in [3.8, 4) is 5.75 Å². The van der Waals surface area contributed by atoms with Gasteiger partial charge in [0.05, 0.1) is 0 Å². The van der Waals surface area contributed by atoms with Crippen molar-refractivity contribution < 1.29 is 24.2 Å². The zero-order valence-electron chi connectivity index (χ0n) is 25.9. The smallest absolute Gasteiger partial charge is 0.408 e. The molecule has 3 aromatic rings. The number of ether oxygens (including phenoxy) is 1. The monoisotopic (exact) mass is 587 g/mol. The Balaban J connectivity index is 2.04. The number of nitrogens with zero attached hydrogens (tertiary/aromatic N) is 1. The third kappa shape index (κ3) is 10.5. The number of carbonyl (C=O) groups excluding carboxylic acids is 3. The Hall–Kier alpha value is -4.33. The molecule has 3 aromatic carbocycles. The first-order valence-corrected chi connectivity index (χ1v) is 14.9. The molecule has 2 unspecified atom stereocenters. The van der Waals surface area contributed by atoms with Gasteiger partial charge in [0.1, 0.15) is 23.4 Å². The van der Waals surface area contributed by atoms with Gasteiger partial charge in [-0.15, -0.1) is 0 Å². The molecule has 0 bridgehead atoms. The lowest BCUT2D eigenvalue weighted by atomic mass is 9.98. The molecule has 230 valence electrons. The number of nitrogens with one attached hydrogen (secondary N) is 2. The van der Waals surface area contributed by atoms with Crippen molar-refractivity contribution in [2.45, 2.75) is 84.5 Å². The van der Waals surface area contributed by atoms with Crippen LogP contribution < -0.4 is 10.6 Å². The van der Waals surface area contributed by atoms with Gasteiger partial charge in [-0.05, 0) is 68.5 Å². The summed E-state index contributed by atoms with van der Waals surface area (Å²) < 4.78 is 5.52. The second-order valence-corrected chi connectivity index (χ2v) is 11.8. The maximum absolute atomic E-state index is 14.5. The Morgan fingerprint density at radius 3 is 2.12 bits per heavy atom. The van der Waals surface area contributed by atoms with E-state index in [1.54, 1.807) is 44.7 Å². The van der Waals surface area contributed by atoms with Crippen LogP contribution in [0.2, 0.25) is 0 Å². The minimum atomic E-state index is -0.994. The van der Waals surface area contributed by atoms with Crippen molar-refractivity contribution in [2.24, 2.45) is 0 Å². The Morgan fingerprint density at radius 1 is 0.907 bits per heavy atom. The summed E-state index contributed by atoms with van der Waals surface area (Å²) in [6.45, 7) is 9.70. The van der Waals surface area contributed by atoms with Gasteiger partial charge in [0.15, 0.2) is 0 Å². The second kappa shape index (κ2) is 15.8. The second-order valence-electron chi connectivity index (χ2n) is 11.8. The first kappa shape index (κ1) is 33.2. The highest BCUT2D eigenvalue weighted by atomic mass is 16.6. The lowest BCUT2D eigenvalue weighted by Crippen LogP contribution is -2.54. The van der Waals surface area contributed by atoms with E-state index in [2.05, 4.69) is 17.6 Å². The number of aromatic hydroxyl groups is 1. The average Bonchev–Trinajstić information content (AvgIpc) is 2.96. The molecular weight excluding hydrogens is 542 g/mol. The summed E-state index contributed by atoms with van der Waals surface area (Å²) in [6.07, 6.45) is 1.97. The molecule has 0 saturated heterocycles. The molecule has 8 heteroatoms. The summed E-state index contributed by atoms with van der Waals surface area (Å²) in [5, 5.41) is 16.0. The number of aryl methyl sites for hydroxylation is 1. The van der Waals surface area contributed by atoms with Crippen LogP contribution in [0.15, 0.2) is 78.9 Å². The maximum Gasteiger partial charge on any atom is 0.408 e. The molecule has 0 spiro atoms. The van der Waals surface area contributed by atoms with E-state index in [4.69, 9.17) is 4.74 Å². The molecule has 0 aromatic heterocycles. The highest BCUT2D eigenvalue weighted by molar-refractivity contribution is 5.92. The van der Waals surface area contributed by atoms with Gasteiger partial charge in [-0.3, -0.25) is 9.59 Å². The standard InChI is InChI=1S/C35H45N3O5/c1-6-7-14-21-38(33(41)29(23-26-15-10-8-11-16-26)37-34(42)43-35(3,4)5)31(28-19-20-30(39)25(2)22-28)32(40)36-24-27-17-12-9-13-18-27/h8-13,15-20,22,29,31,39H,6-7,14,21,23-24H2,1-5H3,(H,36,40)(H,37,42). The van der Waals surface area contributed by atoms with Crippen LogP contribution in [-0.4, -0.2) is 46.1 Å². The molecule has 0 heterocycles. The minimum Gasteiger partial charge on any atom is -0.508 e. The number of hydrogen-bond acceptors (Lipinski definition) is 5. The highest BCUT2D eigenvalue weighted by Crippen LogP contribution is 2.28. The van der Waals surface area contributed by atoms with Crippen LogP contribution >= 0.6 is 0 Å². The lowest BCUT2D eigenvalue weighted by molar-refractivity contribution is -0.142. The zero-order chi connectivity index (χ0) is 31.4. The predicted molar refractivity (Wildman–Crippen MR) is 168 cm³/mol. The van der Waals surface area contributed by atoms with Crippen LogP contribution in [0.5, 0.6) is 5.75 Å². The topological polar surface area (TPSA) is 108 Å². The lowest BCUT2D eigenvalue weighted by Gasteiger charge is -2.35. The first-order valence-electron chi connectivity index (χ1n) is 14.9. The summed E-state index contributed by atoms with van der Waals surface area (Å²) in [7, 11) is 0. The van der Waals surface area contributed by atoms with E-state index >= 15 is 0 Å². The SMILES string of the molecule is CCCCCN(C(=O)C(Cc1ccccc1)NC(=O)OC(C)(C)C)C(C(=O)NCc1ccccc1)c1ccc(O)c(C)c1. The minimum absolute atomic E-state index is 0.101. The van der Waals surface area contributed by atoms with Crippen LogP contribution in [0.4, 0.5) is 4.79 Å². The number of hydrogen-bond donors (Lipinski definition) is 3. The van der Waals surface area contributed by atoms with Gasteiger partial charge < -0.3 is 25.4 Å². The van der Waals surface area contributed by atoms with Gasteiger partial charge in [0.25, 0.3) is 0 Å². The van der Waals surface area contributed by atoms with E-state index in [-0.39, 0.29) is 24.6 Å². The molecule has 0 fully saturated rings. The molecule has 2 atom stereocenters. The van der Waals surface area contributed by atoms with Gasteiger partial charge >= 0.3 is 6.09 Å². The van der Waals surface area contributed by atoms with E-state index in [0.29, 0.717) is 24.1 Å². The van der Waals surface area contributed by atoms with E-state index in [0.717, 1.165) is 24.0 Å². The summed E-state index contributed by atoms with van der Waals surface area (Å²) in [6, 6.07) is 21.9. The molecule has 0 aliphatic heterocycles. The number of carbonyl (C=O) groups is 3. The van der Waals surface area contributed by atoms with Gasteiger partial charge in [-0.2, -0.15) is 0 Å². The van der Waals surface area contributed by atoms with Crippen LogP contribution in [0.1, 0.15) is 75.3 Å². The average molecular weight is 588 g/mol. The number of phenolic OH excluding ortho intramolecular Hbond substituents is 1. The maximum atomic E-state index is 14.5. The fraction of sp³-hybridized carbons (Fsp3) is 0.400. The van der Waals surface area contributed by atoms with Crippen LogP contribution in [-0.2, 0) is 27.3 Å². The number of rotatable bonds is 13. The third-order valence-electron chi connectivity index (χ3n) is 6.96. The molecule has 0 radical (unpaired) electrons. The Labute approximate surface area is 255 Å². The number of amides is 3. The van der Waals surface area contributed by atoms with E-state index in [1.165, 1.54) is 6.07 Å². The Kier molecular flexibility index (Phi) is 12.2. The summed E-state index contributed by atoms with van der Waals surface area (Å²) in [5.41, 5.74) is 2.19. The van der Waals surface area contributed by atoms with Crippen LogP contribution in [0.3, 0.4) is 0 Å². The fourth-order valence-corrected chi connectivity index (χ4v) is 4.80. The van der Waals surface area contributed by atoms with Crippen molar-refractivity contribution >= 4 is 17.9 Å². The van der Waals surface area contributed by atoms with Crippen molar-refractivity contribution in [1.82, 2.24) is 15.5 Å². The number of alkyl carbamates (subject to hydrolysis) is 1. The van der Waals surface area contributed by atoms with E-state index < -0.39 is 29.7 Å². The number of unbranched alkanes of at least 4 members (excludes halogenated alkanes) is 2. The zero-order valence-corrected chi connectivity index (χ0v) is 25.9. The molecule has 3 amide bonds. The summed E-state index contributed by atoms with van der Waals surface area (Å²) in [4.78, 5) is 43.0. The molecule has 0 aliphatic carbocycles. The third-order valence-corrected chi connectivity index (χ3v) is 6.96. The van der Waals surface area contributed by atoms with Crippen molar-refractivity contribution in [2.75, 3.05) is 6.54 Å². The highest BCUT2D eigenvalue weighted by Gasteiger charge is 2.36.